The summed E-state index contributed by atoms with van der Waals surface area (Å²) in [7, 11) is 0. The minimum Gasteiger partial charge on any atom is -0.493 e. The van der Waals surface area contributed by atoms with Gasteiger partial charge in [0.15, 0.2) is 11.8 Å². The van der Waals surface area contributed by atoms with Crippen molar-refractivity contribution in [3.8, 4) is 28.4 Å². The lowest BCUT2D eigenvalue weighted by atomic mass is 9.76. The summed E-state index contributed by atoms with van der Waals surface area (Å²) in [6.45, 7) is 21.6. The fourth-order valence-electron chi connectivity index (χ4n) is 7.10. The van der Waals surface area contributed by atoms with Crippen molar-refractivity contribution in [1.29, 1.82) is 0 Å². The monoisotopic (exact) mass is 932 g/mol. The first-order valence-corrected chi connectivity index (χ1v) is 22.9. The third kappa shape index (κ3) is 16.8. The second-order valence-corrected chi connectivity index (χ2v) is 17.3. The first-order chi connectivity index (χ1) is 31.8. The standard InChI is InChI=1S/C52H68O15/c1-12-15-16-17-37-18-20-38(21-19-37)41-26-44(67-47(55)34(8)9)42(27-43(41)66-46(54)33(6)7)39-22-24-40(25-23-39)62-28-52(29-63-45(53)32(4)5,30-64-50(58)35(10)48(56)60-13-2)31-65-51(59)36(11)49(57)61-14-3/h22-27,35-38H,4,6,8,12-21,28-31H2,1-3,5,7,9-11H3. The summed E-state index contributed by atoms with van der Waals surface area (Å²) in [5.74, 6) is -6.84. The molecular formula is C52H68O15. The van der Waals surface area contributed by atoms with Crippen molar-refractivity contribution in [3.05, 3.63) is 78.4 Å². The first-order valence-electron chi connectivity index (χ1n) is 22.9. The number of hydrogen-bond donors (Lipinski definition) is 0. The average Bonchev–Trinajstić information content (AvgIpc) is 3.30. The molecule has 3 rings (SSSR count). The zero-order valence-corrected chi connectivity index (χ0v) is 40.4. The van der Waals surface area contributed by atoms with E-state index >= 15 is 0 Å². The van der Waals surface area contributed by atoms with Gasteiger partial charge in [0.25, 0.3) is 0 Å². The van der Waals surface area contributed by atoms with E-state index in [4.69, 9.17) is 37.9 Å². The van der Waals surface area contributed by atoms with Crippen molar-refractivity contribution in [3.63, 3.8) is 0 Å². The van der Waals surface area contributed by atoms with Gasteiger partial charge in [-0.2, -0.15) is 0 Å². The fourth-order valence-corrected chi connectivity index (χ4v) is 7.10. The third-order valence-electron chi connectivity index (χ3n) is 11.3. The fraction of sp³-hybridized carbons (Fsp3) is 0.519. The topological polar surface area (TPSA) is 193 Å². The summed E-state index contributed by atoms with van der Waals surface area (Å²) < 4.78 is 44.7. The molecule has 1 fully saturated rings. The average molecular weight is 933 g/mol. The number of unbranched alkanes of at least 4 members (excludes halogenated alkanes) is 2. The van der Waals surface area contributed by atoms with E-state index in [1.807, 2.05) is 0 Å². The molecule has 0 spiro atoms. The van der Waals surface area contributed by atoms with Crippen LogP contribution >= 0.6 is 0 Å². The number of carbonyl (C=O) groups excluding carboxylic acids is 7. The van der Waals surface area contributed by atoms with Crippen LogP contribution in [0.2, 0.25) is 0 Å². The molecule has 0 amide bonds. The van der Waals surface area contributed by atoms with Gasteiger partial charge in [-0.25, -0.2) is 14.4 Å². The van der Waals surface area contributed by atoms with Gasteiger partial charge in [-0.15, -0.1) is 0 Å². The van der Waals surface area contributed by atoms with Crippen LogP contribution in [-0.2, 0) is 57.2 Å². The predicted octanol–water partition coefficient (Wildman–Crippen LogP) is 9.14. The van der Waals surface area contributed by atoms with Crippen molar-refractivity contribution >= 4 is 41.8 Å². The van der Waals surface area contributed by atoms with Crippen molar-refractivity contribution in [2.45, 2.75) is 113 Å². The largest absolute Gasteiger partial charge is 0.493 e. The Labute approximate surface area is 394 Å². The molecule has 1 aliphatic carbocycles. The maximum atomic E-state index is 13.1. The molecular weight excluding hydrogens is 865 g/mol. The molecule has 0 heterocycles. The Morgan fingerprint density at radius 2 is 1.07 bits per heavy atom. The molecule has 0 aromatic heterocycles. The number of rotatable bonds is 26. The van der Waals surface area contributed by atoms with Crippen LogP contribution in [0.3, 0.4) is 0 Å². The number of benzene rings is 2. The maximum Gasteiger partial charge on any atom is 0.338 e. The quantitative estimate of drug-likeness (QED) is 0.0216. The molecule has 2 aromatic carbocycles. The Balaban J connectivity index is 2.07. The smallest absolute Gasteiger partial charge is 0.338 e. The normalized spacial score (nSPS) is 16.1. The lowest BCUT2D eigenvalue weighted by Gasteiger charge is -2.32. The van der Waals surface area contributed by atoms with Gasteiger partial charge in [0, 0.05) is 27.8 Å². The summed E-state index contributed by atoms with van der Waals surface area (Å²) in [5, 5.41) is 0. The highest BCUT2D eigenvalue weighted by Crippen LogP contribution is 2.46. The van der Waals surface area contributed by atoms with E-state index in [1.54, 1.807) is 64.1 Å². The molecule has 0 radical (unpaired) electrons. The van der Waals surface area contributed by atoms with Gasteiger partial charge >= 0.3 is 41.8 Å². The summed E-state index contributed by atoms with van der Waals surface area (Å²) in [4.78, 5) is 89.8. The zero-order chi connectivity index (χ0) is 49.8. The molecule has 1 saturated carbocycles. The van der Waals surface area contributed by atoms with Crippen molar-refractivity contribution in [2.75, 3.05) is 39.6 Å². The van der Waals surface area contributed by atoms with E-state index in [2.05, 4.69) is 26.7 Å². The molecule has 366 valence electrons. The minimum atomic E-state index is -1.62. The number of carbonyl (C=O) groups is 7. The van der Waals surface area contributed by atoms with Gasteiger partial charge in [0.2, 0.25) is 0 Å². The first kappa shape index (κ1) is 55.1. The highest BCUT2D eigenvalue weighted by Gasteiger charge is 2.40. The lowest BCUT2D eigenvalue weighted by molar-refractivity contribution is -0.171. The van der Waals surface area contributed by atoms with E-state index in [-0.39, 0.29) is 47.4 Å². The van der Waals surface area contributed by atoms with Crippen LogP contribution in [0.15, 0.2) is 72.9 Å². The Hall–Kier alpha value is -6.25. The number of hydrogen-bond acceptors (Lipinski definition) is 15. The number of ether oxygens (including phenoxy) is 8. The summed E-state index contributed by atoms with van der Waals surface area (Å²) >= 11 is 0. The van der Waals surface area contributed by atoms with E-state index in [0.717, 1.165) is 37.7 Å². The number of esters is 7. The minimum absolute atomic E-state index is 0.0223. The second kappa shape index (κ2) is 26.8. The predicted molar refractivity (Wildman–Crippen MR) is 249 cm³/mol. The Bertz CT molecular complexity index is 2070. The van der Waals surface area contributed by atoms with Gasteiger partial charge in [-0.3, -0.25) is 19.2 Å². The summed E-state index contributed by atoms with van der Waals surface area (Å²) in [6, 6.07) is 10.00. The van der Waals surface area contributed by atoms with E-state index < -0.39 is 85.5 Å². The Morgan fingerprint density at radius 3 is 1.55 bits per heavy atom. The van der Waals surface area contributed by atoms with Crippen molar-refractivity contribution in [1.82, 2.24) is 0 Å². The Kier molecular flexibility index (Phi) is 22.0. The van der Waals surface area contributed by atoms with Gasteiger partial charge in [-0.05, 0) is 116 Å². The molecule has 2 atom stereocenters. The van der Waals surface area contributed by atoms with Gasteiger partial charge in [0.05, 0.1) is 13.2 Å². The molecule has 0 bridgehead atoms. The molecule has 0 aliphatic heterocycles. The summed E-state index contributed by atoms with van der Waals surface area (Å²) in [5.41, 5.74) is 0.539. The highest BCUT2D eigenvalue weighted by molar-refractivity contribution is 5.95. The van der Waals surface area contributed by atoms with Crippen LogP contribution in [0, 0.1) is 23.2 Å². The molecule has 1 aliphatic rings. The van der Waals surface area contributed by atoms with Gasteiger partial charge in [0.1, 0.15) is 49.1 Å². The second-order valence-electron chi connectivity index (χ2n) is 17.3. The highest BCUT2D eigenvalue weighted by atomic mass is 16.6. The van der Waals surface area contributed by atoms with Crippen LogP contribution in [0.1, 0.15) is 118 Å². The lowest BCUT2D eigenvalue weighted by Crippen LogP contribution is -2.45. The summed E-state index contributed by atoms with van der Waals surface area (Å²) in [6.07, 6.45) is 8.52. The molecule has 15 heteroatoms. The van der Waals surface area contributed by atoms with Crippen LogP contribution in [0.25, 0.3) is 11.1 Å². The molecule has 0 saturated heterocycles. The van der Waals surface area contributed by atoms with Crippen LogP contribution < -0.4 is 14.2 Å². The van der Waals surface area contributed by atoms with Crippen molar-refractivity contribution < 1.29 is 71.5 Å². The van der Waals surface area contributed by atoms with Crippen LogP contribution in [0.5, 0.6) is 17.2 Å². The van der Waals surface area contributed by atoms with Crippen molar-refractivity contribution in [2.24, 2.45) is 23.2 Å². The maximum absolute atomic E-state index is 13.1. The Morgan fingerprint density at radius 1 is 0.597 bits per heavy atom. The van der Waals surface area contributed by atoms with E-state index in [0.29, 0.717) is 22.8 Å². The van der Waals surface area contributed by atoms with Crippen LogP contribution in [0.4, 0.5) is 0 Å². The molecule has 2 aromatic rings. The van der Waals surface area contributed by atoms with E-state index in [1.165, 1.54) is 40.0 Å². The molecule has 67 heavy (non-hydrogen) atoms. The van der Waals surface area contributed by atoms with Gasteiger partial charge < -0.3 is 37.9 Å². The molecule has 2 unspecified atom stereocenters. The molecule has 15 nitrogen and oxygen atoms in total. The SMILES string of the molecule is C=C(C)C(=O)OCC(COC(=O)C(C)C(=O)OCC)(COC(=O)C(C)C(=O)OCC)COc1ccc(-c2cc(OC(=O)C(=C)C)c(C3CCC(CCCCC)CC3)cc2OC(=O)C(=C)C)cc1. The molecule has 0 N–H and O–H groups in total. The van der Waals surface area contributed by atoms with Gasteiger partial charge in [-0.1, -0.05) is 64.5 Å². The van der Waals surface area contributed by atoms with E-state index in [9.17, 15) is 33.6 Å². The van der Waals surface area contributed by atoms with Crippen LogP contribution in [-0.4, -0.2) is 81.4 Å². The third-order valence-corrected chi connectivity index (χ3v) is 11.3. The zero-order valence-electron chi connectivity index (χ0n) is 40.4.